The van der Waals surface area contributed by atoms with E-state index in [2.05, 4.69) is 25.8 Å². The van der Waals surface area contributed by atoms with Gasteiger partial charge in [-0.05, 0) is 37.1 Å². The highest BCUT2D eigenvalue weighted by Crippen LogP contribution is 2.16. The number of halogens is 1. The number of amides is 1. The maximum absolute atomic E-state index is 13.0. The fourth-order valence-electron chi connectivity index (χ4n) is 2.70. The number of rotatable bonds is 11. The lowest BCUT2D eigenvalue weighted by atomic mass is 10.1. The molecule has 0 unspecified atom stereocenters. The number of carbonyl (C=O) groups is 2. The lowest BCUT2D eigenvalue weighted by molar-refractivity contribution is -0.138. The molecule has 2 aromatic heterocycles. The zero-order chi connectivity index (χ0) is 21.2. The van der Waals surface area contributed by atoms with Crippen LogP contribution in [0.2, 0.25) is 0 Å². The SMILES string of the molecule is O=C(CCCCCNc1cccc(F)n1)C(=O)NCc1nnc(-c2ccccc2)o1. The van der Waals surface area contributed by atoms with Gasteiger partial charge < -0.3 is 15.1 Å². The topological polar surface area (TPSA) is 110 Å². The van der Waals surface area contributed by atoms with Crippen molar-refractivity contribution in [3.63, 3.8) is 0 Å². The second-order valence-corrected chi connectivity index (χ2v) is 6.56. The van der Waals surface area contributed by atoms with Crippen LogP contribution in [0.15, 0.2) is 52.9 Å². The number of pyridine rings is 1. The van der Waals surface area contributed by atoms with Crippen molar-refractivity contribution in [3.8, 4) is 11.5 Å². The van der Waals surface area contributed by atoms with Gasteiger partial charge in [0.2, 0.25) is 23.5 Å². The summed E-state index contributed by atoms with van der Waals surface area (Å²) in [5.41, 5.74) is 0.779. The molecule has 9 heteroatoms. The summed E-state index contributed by atoms with van der Waals surface area (Å²) in [4.78, 5) is 27.6. The van der Waals surface area contributed by atoms with Crippen molar-refractivity contribution >= 4 is 17.5 Å². The number of carbonyl (C=O) groups excluding carboxylic acids is 2. The van der Waals surface area contributed by atoms with Crippen molar-refractivity contribution in [2.75, 3.05) is 11.9 Å². The molecule has 3 rings (SSSR count). The van der Waals surface area contributed by atoms with Crippen LogP contribution in [0.5, 0.6) is 0 Å². The molecule has 30 heavy (non-hydrogen) atoms. The Labute approximate surface area is 172 Å². The number of anilines is 1. The van der Waals surface area contributed by atoms with Gasteiger partial charge in [0.1, 0.15) is 5.82 Å². The molecule has 0 fully saturated rings. The number of hydrogen-bond donors (Lipinski definition) is 2. The number of benzene rings is 1. The minimum Gasteiger partial charge on any atom is -0.419 e. The summed E-state index contributed by atoms with van der Waals surface area (Å²) in [5, 5.41) is 13.3. The Morgan fingerprint density at radius 2 is 1.80 bits per heavy atom. The number of aromatic nitrogens is 3. The molecule has 0 spiro atoms. The first-order valence-electron chi connectivity index (χ1n) is 9.67. The summed E-state index contributed by atoms with van der Waals surface area (Å²) in [5.74, 6) is -0.635. The van der Waals surface area contributed by atoms with Crippen molar-refractivity contribution < 1.29 is 18.4 Å². The standard InChI is InChI=1S/C21H22FN5O3/c22-17-11-7-12-18(25-17)23-13-6-2-5-10-16(28)20(29)24-14-19-26-27-21(30-19)15-8-3-1-4-9-15/h1,3-4,7-9,11-12H,2,5-6,10,13-14H2,(H,23,25)(H,24,29). The first kappa shape index (κ1) is 21.1. The summed E-state index contributed by atoms with van der Waals surface area (Å²) in [6, 6.07) is 13.8. The first-order valence-corrected chi connectivity index (χ1v) is 9.67. The van der Waals surface area contributed by atoms with E-state index in [1.54, 1.807) is 12.1 Å². The number of Topliss-reactive ketones (excluding diaryl/α,β-unsaturated/α-hetero) is 1. The van der Waals surface area contributed by atoms with Gasteiger partial charge in [0.15, 0.2) is 0 Å². The third-order valence-electron chi connectivity index (χ3n) is 4.24. The maximum atomic E-state index is 13.0. The Morgan fingerprint density at radius 1 is 0.967 bits per heavy atom. The normalized spacial score (nSPS) is 10.6. The van der Waals surface area contributed by atoms with Crippen LogP contribution in [-0.2, 0) is 16.1 Å². The van der Waals surface area contributed by atoms with Crippen molar-refractivity contribution in [2.24, 2.45) is 0 Å². The van der Waals surface area contributed by atoms with Gasteiger partial charge in [0.25, 0.3) is 5.91 Å². The summed E-state index contributed by atoms with van der Waals surface area (Å²) >= 11 is 0. The van der Waals surface area contributed by atoms with Gasteiger partial charge in [-0.15, -0.1) is 10.2 Å². The Morgan fingerprint density at radius 3 is 2.60 bits per heavy atom. The van der Waals surface area contributed by atoms with Crippen molar-refractivity contribution in [1.29, 1.82) is 0 Å². The van der Waals surface area contributed by atoms with Crippen molar-refractivity contribution in [3.05, 3.63) is 60.4 Å². The fraction of sp³-hybridized carbons (Fsp3) is 0.286. The van der Waals surface area contributed by atoms with E-state index in [0.29, 0.717) is 24.7 Å². The average Bonchev–Trinajstić information content (AvgIpc) is 3.24. The summed E-state index contributed by atoms with van der Waals surface area (Å²) in [7, 11) is 0. The average molecular weight is 411 g/mol. The molecule has 156 valence electrons. The van der Waals surface area contributed by atoms with Gasteiger partial charge in [-0.1, -0.05) is 30.7 Å². The van der Waals surface area contributed by atoms with Gasteiger partial charge >= 0.3 is 0 Å². The van der Waals surface area contributed by atoms with Crippen LogP contribution in [0.1, 0.15) is 31.6 Å². The molecule has 2 heterocycles. The largest absolute Gasteiger partial charge is 0.419 e. The Balaban J connectivity index is 1.30. The molecule has 8 nitrogen and oxygen atoms in total. The van der Waals surface area contributed by atoms with Gasteiger partial charge in [-0.2, -0.15) is 4.39 Å². The molecule has 1 amide bonds. The van der Waals surface area contributed by atoms with E-state index < -0.39 is 17.6 Å². The number of nitrogens with one attached hydrogen (secondary N) is 2. The highest BCUT2D eigenvalue weighted by atomic mass is 19.1. The molecule has 0 aliphatic heterocycles. The van der Waals surface area contributed by atoms with Crippen LogP contribution < -0.4 is 10.6 Å². The predicted molar refractivity (Wildman–Crippen MR) is 108 cm³/mol. The van der Waals surface area contributed by atoms with Crippen LogP contribution in [0.3, 0.4) is 0 Å². The molecule has 0 bridgehead atoms. The summed E-state index contributed by atoms with van der Waals surface area (Å²) < 4.78 is 18.5. The zero-order valence-corrected chi connectivity index (χ0v) is 16.3. The van der Waals surface area contributed by atoms with Crippen LogP contribution >= 0.6 is 0 Å². The van der Waals surface area contributed by atoms with Gasteiger partial charge in [0, 0.05) is 18.5 Å². The molecule has 0 saturated heterocycles. The highest BCUT2D eigenvalue weighted by Gasteiger charge is 2.15. The van der Waals surface area contributed by atoms with Crippen LogP contribution in [0, 0.1) is 5.95 Å². The third-order valence-corrected chi connectivity index (χ3v) is 4.24. The smallest absolute Gasteiger partial charge is 0.287 e. The molecule has 0 radical (unpaired) electrons. The maximum Gasteiger partial charge on any atom is 0.287 e. The molecule has 0 atom stereocenters. The minimum atomic E-state index is -0.670. The minimum absolute atomic E-state index is 0.00500. The number of unbranched alkanes of at least 4 members (excludes halogenated alkanes) is 2. The number of ketones is 1. The molecule has 0 aliphatic carbocycles. The summed E-state index contributed by atoms with van der Waals surface area (Å²) in [6.45, 7) is 0.604. The van der Waals surface area contributed by atoms with Crippen LogP contribution in [0.4, 0.5) is 10.2 Å². The van der Waals surface area contributed by atoms with E-state index in [1.807, 2.05) is 30.3 Å². The number of nitrogens with zero attached hydrogens (tertiary/aromatic N) is 3. The molecular weight excluding hydrogens is 389 g/mol. The highest BCUT2D eigenvalue weighted by molar-refractivity contribution is 6.36. The Hall–Kier alpha value is -3.62. The van der Waals surface area contributed by atoms with Gasteiger partial charge in [0.05, 0.1) is 6.54 Å². The van der Waals surface area contributed by atoms with E-state index in [0.717, 1.165) is 18.4 Å². The molecule has 0 aliphatic rings. The Kier molecular flexibility index (Phi) is 7.59. The molecule has 1 aromatic carbocycles. The third kappa shape index (κ3) is 6.47. The monoisotopic (exact) mass is 411 g/mol. The molecular formula is C21H22FN5O3. The molecule has 0 saturated carbocycles. The van der Waals surface area contributed by atoms with Crippen LogP contribution in [0.25, 0.3) is 11.5 Å². The summed E-state index contributed by atoms with van der Waals surface area (Å²) in [6.07, 6.45) is 2.27. The van der Waals surface area contributed by atoms with E-state index in [9.17, 15) is 14.0 Å². The quantitative estimate of drug-likeness (QED) is 0.283. The lowest BCUT2D eigenvalue weighted by Gasteiger charge is -2.05. The van der Waals surface area contributed by atoms with Crippen molar-refractivity contribution in [1.82, 2.24) is 20.5 Å². The molecule has 2 N–H and O–H groups in total. The Bertz CT molecular complexity index is 978. The predicted octanol–water partition coefficient (Wildman–Crippen LogP) is 3.13. The molecule has 3 aromatic rings. The van der Waals surface area contributed by atoms with Crippen molar-refractivity contribution in [2.45, 2.75) is 32.2 Å². The van der Waals surface area contributed by atoms with Gasteiger partial charge in [-0.3, -0.25) is 9.59 Å². The van der Waals surface area contributed by atoms with E-state index in [1.165, 1.54) is 6.07 Å². The second-order valence-electron chi connectivity index (χ2n) is 6.56. The lowest BCUT2D eigenvalue weighted by Crippen LogP contribution is -2.30. The van der Waals surface area contributed by atoms with E-state index in [-0.39, 0.29) is 18.9 Å². The first-order chi connectivity index (χ1) is 14.6. The van der Waals surface area contributed by atoms with Crippen LogP contribution in [-0.4, -0.2) is 33.4 Å². The van der Waals surface area contributed by atoms with Gasteiger partial charge in [-0.25, -0.2) is 4.98 Å². The zero-order valence-electron chi connectivity index (χ0n) is 16.3. The van der Waals surface area contributed by atoms with E-state index in [4.69, 9.17) is 4.42 Å². The second kappa shape index (κ2) is 10.8. The van der Waals surface area contributed by atoms with E-state index >= 15 is 0 Å². The fourth-order valence-corrected chi connectivity index (χ4v) is 2.70. The number of hydrogen-bond acceptors (Lipinski definition) is 7.